The molecular formula is C22H42O. The molecule has 1 rings (SSSR count). The molecule has 1 aliphatic carbocycles. The summed E-state index contributed by atoms with van der Waals surface area (Å²) < 4.78 is 5.78. The zero-order valence-corrected chi connectivity index (χ0v) is 16.1. The molecule has 0 aliphatic heterocycles. The second-order valence-corrected chi connectivity index (χ2v) is 7.60. The van der Waals surface area contributed by atoms with Gasteiger partial charge in [0.05, 0.1) is 0 Å². The molecule has 0 aromatic rings. The number of hydrogen-bond acceptors (Lipinski definition) is 1. The first kappa shape index (κ1) is 20.7. The highest BCUT2D eigenvalue weighted by molar-refractivity contribution is 5.07. The van der Waals surface area contributed by atoms with Crippen LogP contribution >= 0.6 is 0 Å². The molecule has 0 saturated carbocycles. The van der Waals surface area contributed by atoms with E-state index in [-0.39, 0.29) is 0 Å². The largest absolute Gasteiger partial charge is 0.381 e. The third-order valence-electron chi connectivity index (χ3n) is 5.19. The third kappa shape index (κ3) is 12.8. The van der Waals surface area contributed by atoms with E-state index in [1.165, 1.54) is 96.3 Å². The van der Waals surface area contributed by atoms with Crippen LogP contribution in [0.4, 0.5) is 0 Å². The summed E-state index contributed by atoms with van der Waals surface area (Å²) in [5, 5.41) is 0. The van der Waals surface area contributed by atoms with Crippen molar-refractivity contribution in [2.75, 3.05) is 13.2 Å². The summed E-state index contributed by atoms with van der Waals surface area (Å²) in [5.74, 6) is 0.872. The van der Waals surface area contributed by atoms with Crippen molar-refractivity contribution in [3.63, 3.8) is 0 Å². The molecule has 1 atom stereocenters. The predicted molar refractivity (Wildman–Crippen MR) is 103 cm³/mol. The van der Waals surface area contributed by atoms with Crippen LogP contribution in [0.5, 0.6) is 0 Å². The van der Waals surface area contributed by atoms with Crippen LogP contribution in [0, 0.1) is 5.92 Å². The van der Waals surface area contributed by atoms with Gasteiger partial charge in [-0.3, -0.25) is 0 Å². The molecule has 136 valence electrons. The average Bonchev–Trinajstić information content (AvgIpc) is 2.96. The van der Waals surface area contributed by atoms with E-state index >= 15 is 0 Å². The minimum atomic E-state index is 0.872. The molecule has 0 bridgehead atoms. The molecule has 1 unspecified atom stereocenters. The Morgan fingerprint density at radius 1 is 0.826 bits per heavy atom. The van der Waals surface area contributed by atoms with Crippen LogP contribution in [0.2, 0.25) is 0 Å². The van der Waals surface area contributed by atoms with Crippen LogP contribution in [0.3, 0.4) is 0 Å². The van der Waals surface area contributed by atoms with Crippen LogP contribution in [0.25, 0.3) is 0 Å². The van der Waals surface area contributed by atoms with Gasteiger partial charge in [-0.05, 0) is 44.9 Å². The maximum Gasteiger partial charge on any atom is 0.0466 e. The Morgan fingerprint density at radius 2 is 1.39 bits per heavy atom. The molecule has 0 heterocycles. The van der Waals surface area contributed by atoms with Crippen LogP contribution in [0.1, 0.15) is 110 Å². The molecule has 23 heavy (non-hydrogen) atoms. The number of allylic oxidation sites excluding steroid dienone is 2. The topological polar surface area (TPSA) is 9.23 Å². The summed E-state index contributed by atoms with van der Waals surface area (Å²) in [6.45, 7) is 6.53. The first-order chi connectivity index (χ1) is 11.3. The molecule has 0 amide bonds. The van der Waals surface area contributed by atoms with Gasteiger partial charge in [0, 0.05) is 13.2 Å². The smallest absolute Gasteiger partial charge is 0.0466 e. The Bertz CT molecular complexity index is 282. The maximum absolute atomic E-state index is 5.78. The van der Waals surface area contributed by atoms with Crippen molar-refractivity contribution in [2.24, 2.45) is 5.92 Å². The normalized spacial score (nSPS) is 17.7. The molecule has 1 nitrogen and oxygen atoms in total. The second kappa shape index (κ2) is 15.2. The van der Waals surface area contributed by atoms with E-state index in [2.05, 4.69) is 19.9 Å². The van der Waals surface area contributed by atoms with Crippen molar-refractivity contribution in [3.8, 4) is 0 Å². The van der Waals surface area contributed by atoms with E-state index < -0.39 is 0 Å². The van der Waals surface area contributed by atoms with E-state index in [4.69, 9.17) is 4.74 Å². The van der Waals surface area contributed by atoms with E-state index in [1.54, 1.807) is 5.57 Å². The Morgan fingerprint density at radius 3 is 1.96 bits per heavy atom. The molecule has 0 fully saturated rings. The Balaban J connectivity index is 1.69. The Labute approximate surface area is 146 Å². The monoisotopic (exact) mass is 322 g/mol. The minimum Gasteiger partial charge on any atom is -0.381 e. The lowest BCUT2D eigenvalue weighted by Crippen LogP contribution is -1.99. The molecule has 0 radical (unpaired) electrons. The predicted octanol–water partition coefficient (Wildman–Crippen LogP) is 7.45. The van der Waals surface area contributed by atoms with E-state index in [9.17, 15) is 0 Å². The summed E-state index contributed by atoms with van der Waals surface area (Å²) in [7, 11) is 0. The van der Waals surface area contributed by atoms with Crippen LogP contribution in [-0.4, -0.2) is 13.2 Å². The van der Waals surface area contributed by atoms with Gasteiger partial charge >= 0.3 is 0 Å². The molecule has 0 aromatic heterocycles. The molecule has 0 saturated heterocycles. The highest BCUT2D eigenvalue weighted by Gasteiger charge is 2.11. The third-order valence-corrected chi connectivity index (χ3v) is 5.19. The lowest BCUT2D eigenvalue weighted by molar-refractivity contribution is 0.125. The summed E-state index contributed by atoms with van der Waals surface area (Å²) in [4.78, 5) is 0. The van der Waals surface area contributed by atoms with Gasteiger partial charge in [-0.25, -0.2) is 0 Å². The van der Waals surface area contributed by atoms with Crippen molar-refractivity contribution in [2.45, 2.75) is 110 Å². The van der Waals surface area contributed by atoms with Gasteiger partial charge in [0.25, 0.3) is 0 Å². The van der Waals surface area contributed by atoms with Crippen LogP contribution < -0.4 is 0 Å². The maximum atomic E-state index is 5.78. The highest BCUT2D eigenvalue weighted by atomic mass is 16.5. The van der Waals surface area contributed by atoms with Gasteiger partial charge in [-0.15, -0.1) is 0 Å². The van der Waals surface area contributed by atoms with Gasteiger partial charge in [0.1, 0.15) is 0 Å². The fourth-order valence-electron chi connectivity index (χ4n) is 3.61. The quantitative estimate of drug-likeness (QED) is 0.212. The number of ether oxygens (including phenoxy) is 1. The van der Waals surface area contributed by atoms with Crippen molar-refractivity contribution < 1.29 is 4.74 Å². The van der Waals surface area contributed by atoms with E-state index in [0.717, 1.165) is 19.1 Å². The molecule has 0 N–H and O–H groups in total. The summed E-state index contributed by atoms with van der Waals surface area (Å²) in [6.07, 6.45) is 23.2. The van der Waals surface area contributed by atoms with Gasteiger partial charge in [0.2, 0.25) is 0 Å². The van der Waals surface area contributed by atoms with E-state index in [1.807, 2.05) is 0 Å². The average molecular weight is 323 g/mol. The standard InChI is InChI=1S/C22H42O/c1-3-4-5-6-7-8-9-10-11-13-18-23-19-14-12-15-22-17-16-21(2)20-22/h20,22H,3-19H2,1-2H3. The fraction of sp³-hybridized carbons (Fsp3) is 0.909. The first-order valence-electron chi connectivity index (χ1n) is 10.6. The fourth-order valence-corrected chi connectivity index (χ4v) is 3.61. The summed E-state index contributed by atoms with van der Waals surface area (Å²) in [5.41, 5.74) is 1.60. The summed E-state index contributed by atoms with van der Waals surface area (Å²) in [6, 6.07) is 0. The Hall–Kier alpha value is -0.300. The van der Waals surface area contributed by atoms with Gasteiger partial charge in [-0.2, -0.15) is 0 Å². The minimum absolute atomic E-state index is 0.872. The molecular weight excluding hydrogens is 280 g/mol. The highest BCUT2D eigenvalue weighted by Crippen LogP contribution is 2.27. The zero-order valence-electron chi connectivity index (χ0n) is 16.1. The van der Waals surface area contributed by atoms with Crippen molar-refractivity contribution in [1.82, 2.24) is 0 Å². The SMILES string of the molecule is CCCCCCCCCCCCOCCCCC1C=C(C)CC1. The molecule has 1 aliphatic rings. The van der Waals surface area contributed by atoms with Crippen molar-refractivity contribution in [1.29, 1.82) is 0 Å². The summed E-state index contributed by atoms with van der Waals surface area (Å²) >= 11 is 0. The lowest BCUT2D eigenvalue weighted by atomic mass is 10.0. The van der Waals surface area contributed by atoms with Gasteiger partial charge in [0.15, 0.2) is 0 Å². The number of unbranched alkanes of at least 4 members (excludes halogenated alkanes) is 10. The Kier molecular flexibility index (Phi) is 13.7. The first-order valence-corrected chi connectivity index (χ1v) is 10.6. The van der Waals surface area contributed by atoms with Crippen molar-refractivity contribution >= 4 is 0 Å². The second-order valence-electron chi connectivity index (χ2n) is 7.60. The lowest BCUT2D eigenvalue weighted by Gasteiger charge is -2.07. The molecule has 0 aromatic carbocycles. The van der Waals surface area contributed by atoms with Crippen molar-refractivity contribution in [3.05, 3.63) is 11.6 Å². The number of rotatable bonds is 16. The van der Waals surface area contributed by atoms with Crippen LogP contribution in [-0.2, 0) is 4.74 Å². The number of hydrogen-bond donors (Lipinski definition) is 0. The van der Waals surface area contributed by atoms with Gasteiger partial charge < -0.3 is 4.74 Å². The molecule has 0 spiro atoms. The molecule has 1 heteroatoms. The van der Waals surface area contributed by atoms with Crippen LogP contribution in [0.15, 0.2) is 11.6 Å². The van der Waals surface area contributed by atoms with Gasteiger partial charge in [-0.1, -0.05) is 82.8 Å². The zero-order chi connectivity index (χ0) is 16.6. The van der Waals surface area contributed by atoms with E-state index in [0.29, 0.717) is 0 Å².